The topological polar surface area (TPSA) is 58.7 Å². The summed E-state index contributed by atoms with van der Waals surface area (Å²) in [6, 6.07) is -0.209. The highest BCUT2D eigenvalue weighted by Crippen LogP contribution is 2.31. The monoisotopic (exact) mass is 225 g/mol. The number of carbonyl (C=O) groups excluding carboxylic acids is 1. The molecular weight excluding hydrogens is 210 g/mol. The number of nitrogens with two attached hydrogens (primary N) is 1. The third-order valence-corrected chi connectivity index (χ3v) is 4.03. The van der Waals surface area contributed by atoms with Gasteiger partial charge in [0.25, 0.3) is 0 Å². The summed E-state index contributed by atoms with van der Waals surface area (Å²) in [5, 5.41) is 0. The molecule has 0 aromatic carbocycles. The number of amidine groups is 1. The van der Waals surface area contributed by atoms with Crippen LogP contribution in [0.5, 0.6) is 0 Å². The summed E-state index contributed by atoms with van der Waals surface area (Å²) >= 11 is 1.92. The summed E-state index contributed by atoms with van der Waals surface area (Å²) in [5.74, 6) is 3.17. The molecule has 15 heavy (non-hydrogen) atoms. The lowest BCUT2D eigenvalue weighted by molar-refractivity contribution is 0.201. The van der Waals surface area contributed by atoms with E-state index in [-0.39, 0.29) is 12.1 Å². The van der Waals surface area contributed by atoms with Crippen molar-refractivity contribution in [1.29, 1.82) is 0 Å². The zero-order valence-electron chi connectivity index (χ0n) is 8.56. The van der Waals surface area contributed by atoms with E-state index in [0.29, 0.717) is 18.3 Å². The van der Waals surface area contributed by atoms with Crippen LogP contribution in [0.25, 0.3) is 0 Å². The minimum atomic E-state index is -0.214. The van der Waals surface area contributed by atoms with Gasteiger partial charge in [-0.25, -0.2) is 4.79 Å². The van der Waals surface area contributed by atoms with E-state index in [4.69, 9.17) is 5.73 Å². The first kappa shape index (κ1) is 10.5. The third-order valence-electron chi connectivity index (χ3n) is 2.85. The molecule has 82 valence electrons. The zero-order valence-corrected chi connectivity index (χ0v) is 9.37. The predicted octanol–water partition coefficient (Wildman–Crippen LogP) is 1.09. The van der Waals surface area contributed by atoms with Crippen molar-refractivity contribution < 1.29 is 4.79 Å². The highest BCUT2D eigenvalue weighted by Gasteiger charge is 2.39. The van der Waals surface area contributed by atoms with Crippen molar-refractivity contribution in [2.75, 3.05) is 18.1 Å². The van der Waals surface area contributed by atoms with Gasteiger partial charge >= 0.3 is 6.03 Å². The SMILES string of the molecule is C=CCN1C(=O)N=C(N)C1C1CCSC1. The molecule has 2 unspecified atom stereocenters. The molecular formula is C10H15N3OS. The molecule has 2 rings (SSSR count). The lowest BCUT2D eigenvalue weighted by Crippen LogP contribution is -2.45. The van der Waals surface area contributed by atoms with Crippen molar-refractivity contribution in [1.82, 2.24) is 4.90 Å². The fourth-order valence-electron chi connectivity index (χ4n) is 2.15. The van der Waals surface area contributed by atoms with Crippen molar-refractivity contribution >= 4 is 23.6 Å². The Balaban J connectivity index is 2.15. The molecule has 2 heterocycles. The fraction of sp³-hybridized carbons (Fsp3) is 0.600. The largest absolute Gasteiger partial charge is 0.385 e. The van der Waals surface area contributed by atoms with Gasteiger partial charge in [0, 0.05) is 6.54 Å². The summed E-state index contributed by atoms with van der Waals surface area (Å²) < 4.78 is 0. The minimum Gasteiger partial charge on any atom is -0.385 e. The summed E-state index contributed by atoms with van der Waals surface area (Å²) in [6.07, 6.45) is 2.84. The van der Waals surface area contributed by atoms with Crippen LogP contribution in [0.15, 0.2) is 17.6 Å². The Morgan fingerprint density at radius 1 is 1.73 bits per heavy atom. The second-order valence-electron chi connectivity index (χ2n) is 3.83. The lowest BCUT2D eigenvalue weighted by Gasteiger charge is -2.27. The van der Waals surface area contributed by atoms with Crippen LogP contribution >= 0.6 is 11.8 Å². The smallest absolute Gasteiger partial charge is 0.346 e. The Morgan fingerprint density at radius 3 is 3.13 bits per heavy atom. The van der Waals surface area contributed by atoms with Gasteiger partial charge in [-0.1, -0.05) is 6.08 Å². The van der Waals surface area contributed by atoms with Crippen LogP contribution < -0.4 is 5.73 Å². The second kappa shape index (κ2) is 4.26. The van der Waals surface area contributed by atoms with Crippen molar-refractivity contribution in [2.45, 2.75) is 12.5 Å². The number of hydrogen-bond donors (Lipinski definition) is 1. The van der Waals surface area contributed by atoms with Crippen LogP contribution in [0.4, 0.5) is 4.79 Å². The molecule has 2 N–H and O–H groups in total. The quantitative estimate of drug-likeness (QED) is 0.731. The first-order valence-electron chi connectivity index (χ1n) is 5.07. The molecule has 0 spiro atoms. The maximum absolute atomic E-state index is 11.5. The molecule has 0 aliphatic carbocycles. The first-order chi connectivity index (χ1) is 7.24. The maximum Gasteiger partial charge on any atom is 0.346 e. The highest BCUT2D eigenvalue weighted by molar-refractivity contribution is 7.99. The van der Waals surface area contributed by atoms with E-state index < -0.39 is 0 Å². The van der Waals surface area contributed by atoms with Crippen LogP contribution in [-0.4, -0.2) is 40.9 Å². The summed E-state index contributed by atoms with van der Waals surface area (Å²) in [7, 11) is 0. The molecule has 0 aromatic rings. The molecule has 2 amide bonds. The van der Waals surface area contributed by atoms with Crippen LogP contribution in [0.1, 0.15) is 6.42 Å². The van der Waals surface area contributed by atoms with Crippen LogP contribution in [0, 0.1) is 5.92 Å². The number of nitrogens with zero attached hydrogens (tertiary/aromatic N) is 2. The van der Waals surface area contributed by atoms with E-state index in [1.54, 1.807) is 11.0 Å². The standard InChI is InChI=1S/C10H15N3OS/c1-2-4-13-8(7-3-5-15-6-7)9(11)12-10(13)14/h2,7-8H,1,3-6H2,(H2,11,12,14). The number of thioether (sulfide) groups is 1. The maximum atomic E-state index is 11.5. The normalized spacial score (nSPS) is 30.8. The van der Waals surface area contributed by atoms with Crippen LogP contribution in [0.3, 0.4) is 0 Å². The summed E-state index contributed by atoms with van der Waals surface area (Å²) in [4.78, 5) is 17.1. The third kappa shape index (κ3) is 1.88. The Morgan fingerprint density at radius 2 is 2.53 bits per heavy atom. The van der Waals surface area contributed by atoms with Crippen molar-refractivity contribution in [3.8, 4) is 0 Å². The van der Waals surface area contributed by atoms with Gasteiger partial charge in [-0.15, -0.1) is 6.58 Å². The van der Waals surface area contributed by atoms with Crippen molar-refractivity contribution in [2.24, 2.45) is 16.6 Å². The highest BCUT2D eigenvalue weighted by atomic mass is 32.2. The summed E-state index contributed by atoms with van der Waals surface area (Å²) in [5.41, 5.74) is 5.81. The molecule has 0 saturated carbocycles. The first-order valence-corrected chi connectivity index (χ1v) is 6.23. The molecule has 1 fully saturated rings. The van der Waals surface area contributed by atoms with Crippen molar-refractivity contribution in [3.05, 3.63) is 12.7 Å². The number of urea groups is 1. The Hall–Kier alpha value is -0.970. The Bertz CT molecular complexity index is 310. The van der Waals surface area contributed by atoms with Gasteiger partial charge in [0.2, 0.25) is 0 Å². The van der Waals surface area contributed by atoms with E-state index in [1.807, 2.05) is 11.8 Å². The average Bonchev–Trinajstić information content (AvgIpc) is 2.77. The minimum absolute atomic E-state index is 0.00509. The lowest BCUT2D eigenvalue weighted by atomic mass is 9.97. The second-order valence-corrected chi connectivity index (χ2v) is 4.98. The van der Waals surface area contributed by atoms with Gasteiger partial charge in [0.15, 0.2) is 0 Å². The molecule has 0 bridgehead atoms. The predicted molar refractivity (Wildman–Crippen MR) is 63.1 cm³/mol. The number of aliphatic imine (C=N–C) groups is 1. The Kier molecular flexibility index (Phi) is 3.00. The number of amides is 2. The molecule has 4 nitrogen and oxygen atoms in total. The van der Waals surface area contributed by atoms with E-state index in [9.17, 15) is 4.79 Å². The van der Waals surface area contributed by atoms with Crippen LogP contribution in [-0.2, 0) is 0 Å². The van der Waals surface area contributed by atoms with Crippen LogP contribution in [0.2, 0.25) is 0 Å². The fourth-order valence-corrected chi connectivity index (χ4v) is 3.44. The molecule has 1 saturated heterocycles. The molecule has 0 radical (unpaired) electrons. The van der Waals surface area contributed by atoms with Gasteiger partial charge < -0.3 is 10.6 Å². The Labute approximate surface area is 93.6 Å². The van der Waals surface area contributed by atoms with Gasteiger partial charge in [0.1, 0.15) is 5.84 Å². The van der Waals surface area contributed by atoms with E-state index in [2.05, 4.69) is 11.6 Å². The molecule has 2 aliphatic heterocycles. The van der Waals surface area contributed by atoms with Gasteiger partial charge in [-0.3, -0.25) is 0 Å². The molecule has 2 aliphatic rings. The average molecular weight is 225 g/mol. The van der Waals surface area contributed by atoms with E-state index >= 15 is 0 Å². The van der Waals surface area contributed by atoms with Crippen molar-refractivity contribution in [3.63, 3.8) is 0 Å². The van der Waals surface area contributed by atoms with Gasteiger partial charge in [-0.2, -0.15) is 16.8 Å². The molecule has 2 atom stereocenters. The molecule has 0 aromatic heterocycles. The zero-order chi connectivity index (χ0) is 10.8. The number of carbonyl (C=O) groups is 1. The number of hydrogen-bond acceptors (Lipinski definition) is 3. The molecule has 5 heteroatoms. The number of rotatable bonds is 3. The van der Waals surface area contributed by atoms with E-state index in [1.165, 1.54) is 0 Å². The van der Waals surface area contributed by atoms with E-state index in [0.717, 1.165) is 17.9 Å². The van der Waals surface area contributed by atoms with Gasteiger partial charge in [-0.05, 0) is 23.8 Å². The summed E-state index contributed by atoms with van der Waals surface area (Å²) in [6.45, 7) is 4.19. The van der Waals surface area contributed by atoms with Gasteiger partial charge in [0.05, 0.1) is 6.04 Å².